The highest BCUT2D eigenvalue weighted by molar-refractivity contribution is 9.09. The van der Waals surface area contributed by atoms with Crippen LogP contribution in [0.3, 0.4) is 0 Å². The average Bonchev–Trinajstić information content (AvgIpc) is 2.47. The summed E-state index contributed by atoms with van der Waals surface area (Å²) in [6, 6.07) is 13.1. The van der Waals surface area contributed by atoms with E-state index in [0.717, 1.165) is 23.6 Å². The summed E-state index contributed by atoms with van der Waals surface area (Å²) >= 11 is 3.56. The Labute approximate surface area is 127 Å². The van der Waals surface area contributed by atoms with Crippen LogP contribution in [0.4, 0.5) is 0 Å². The standard InChI is InChI=1S/C15H16BrNO2S/c16-13-8-10-17(11-9-13)20(18,19)15-7-3-5-12-4-1-2-6-14(12)15/h1-7,13H,8-11H2. The second-order valence-corrected chi connectivity index (χ2v) is 8.26. The van der Waals surface area contributed by atoms with E-state index < -0.39 is 10.0 Å². The molecule has 3 rings (SSSR count). The van der Waals surface area contributed by atoms with Crippen molar-refractivity contribution in [1.82, 2.24) is 4.31 Å². The Kier molecular flexibility index (Phi) is 3.84. The van der Waals surface area contributed by atoms with Crippen LogP contribution in [-0.4, -0.2) is 30.6 Å². The minimum atomic E-state index is -3.40. The van der Waals surface area contributed by atoms with E-state index in [1.54, 1.807) is 10.4 Å². The molecule has 0 atom stereocenters. The van der Waals surface area contributed by atoms with Crippen molar-refractivity contribution in [3.05, 3.63) is 42.5 Å². The molecule has 0 aliphatic carbocycles. The molecule has 0 saturated carbocycles. The zero-order valence-electron chi connectivity index (χ0n) is 11.0. The molecule has 1 saturated heterocycles. The van der Waals surface area contributed by atoms with Crippen molar-refractivity contribution < 1.29 is 8.42 Å². The molecule has 0 bridgehead atoms. The minimum absolute atomic E-state index is 0.420. The molecule has 0 unspecified atom stereocenters. The Hall–Kier alpha value is -0.910. The maximum Gasteiger partial charge on any atom is 0.243 e. The van der Waals surface area contributed by atoms with Crippen molar-refractivity contribution in [3.8, 4) is 0 Å². The molecule has 1 heterocycles. The number of benzene rings is 2. The lowest BCUT2D eigenvalue weighted by molar-refractivity contribution is 0.355. The van der Waals surface area contributed by atoms with E-state index in [2.05, 4.69) is 15.9 Å². The summed E-state index contributed by atoms with van der Waals surface area (Å²) in [5, 5.41) is 1.76. The largest absolute Gasteiger partial charge is 0.243 e. The van der Waals surface area contributed by atoms with Gasteiger partial charge in [-0.05, 0) is 24.3 Å². The van der Waals surface area contributed by atoms with Crippen LogP contribution < -0.4 is 0 Å². The van der Waals surface area contributed by atoms with E-state index in [0.29, 0.717) is 22.8 Å². The first-order valence-corrected chi connectivity index (χ1v) is 9.06. The third-order valence-corrected chi connectivity index (χ3v) is 6.62. The summed E-state index contributed by atoms with van der Waals surface area (Å²) in [6.07, 6.45) is 1.73. The second-order valence-electron chi connectivity index (χ2n) is 5.06. The van der Waals surface area contributed by atoms with Crippen molar-refractivity contribution in [2.24, 2.45) is 0 Å². The molecule has 0 spiro atoms. The van der Waals surface area contributed by atoms with Gasteiger partial charge in [0, 0.05) is 23.3 Å². The van der Waals surface area contributed by atoms with Gasteiger partial charge in [0.1, 0.15) is 0 Å². The molecule has 2 aromatic carbocycles. The maximum absolute atomic E-state index is 12.8. The predicted octanol–water partition coefficient (Wildman–Crippen LogP) is 3.39. The van der Waals surface area contributed by atoms with Gasteiger partial charge in [-0.15, -0.1) is 0 Å². The van der Waals surface area contributed by atoms with Crippen LogP contribution in [0.2, 0.25) is 0 Å². The van der Waals surface area contributed by atoms with Crippen molar-refractivity contribution in [2.45, 2.75) is 22.6 Å². The molecule has 0 N–H and O–H groups in total. The SMILES string of the molecule is O=S(=O)(c1cccc2ccccc12)N1CCC(Br)CC1. The van der Waals surface area contributed by atoms with E-state index in [-0.39, 0.29) is 0 Å². The molecule has 0 amide bonds. The maximum atomic E-state index is 12.8. The summed E-state index contributed by atoms with van der Waals surface area (Å²) in [5.74, 6) is 0. The highest BCUT2D eigenvalue weighted by Gasteiger charge is 2.29. The van der Waals surface area contributed by atoms with E-state index in [1.807, 2.05) is 36.4 Å². The number of alkyl halides is 1. The van der Waals surface area contributed by atoms with E-state index in [1.165, 1.54) is 0 Å². The van der Waals surface area contributed by atoms with Gasteiger partial charge in [-0.3, -0.25) is 0 Å². The average molecular weight is 354 g/mol. The van der Waals surface area contributed by atoms with Crippen LogP contribution in [0.15, 0.2) is 47.4 Å². The fraction of sp³-hybridized carbons (Fsp3) is 0.333. The van der Waals surface area contributed by atoms with E-state index >= 15 is 0 Å². The number of nitrogens with zero attached hydrogens (tertiary/aromatic N) is 1. The number of piperidine rings is 1. The summed E-state index contributed by atoms with van der Waals surface area (Å²) < 4.78 is 27.2. The monoisotopic (exact) mass is 353 g/mol. The van der Waals surface area contributed by atoms with Crippen LogP contribution in [0.1, 0.15) is 12.8 Å². The Bertz CT molecular complexity index is 716. The molecule has 1 fully saturated rings. The summed E-state index contributed by atoms with van der Waals surface area (Å²) in [7, 11) is -3.40. The molecule has 1 aliphatic rings. The topological polar surface area (TPSA) is 37.4 Å². The van der Waals surface area contributed by atoms with Crippen LogP contribution in [0.5, 0.6) is 0 Å². The summed E-state index contributed by atoms with van der Waals surface area (Å²) in [5.41, 5.74) is 0. The third kappa shape index (κ3) is 2.50. The fourth-order valence-corrected chi connectivity index (χ4v) is 4.72. The molecule has 1 aliphatic heterocycles. The molecule has 3 nitrogen and oxygen atoms in total. The van der Waals surface area contributed by atoms with Crippen LogP contribution >= 0.6 is 15.9 Å². The molecule has 5 heteroatoms. The van der Waals surface area contributed by atoms with Crippen molar-refractivity contribution in [2.75, 3.05) is 13.1 Å². The smallest absolute Gasteiger partial charge is 0.207 e. The lowest BCUT2D eigenvalue weighted by atomic mass is 10.1. The van der Waals surface area contributed by atoms with Gasteiger partial charge in [0.05, 0.1) is 4.90 Å². The van der Waals surface area contributed by atoms with Gasteiger partial charge in [0.15, 0.2) is 0 Å². The van der Waals surface area contributed by atoms with Gasteiger partial charge < -0.3 is 0 Å². The number of rotatable bonds is 2. The van der Waals surface area contributed by atoms with Gasteiger partial charge in [0.25, 0.3) is 0 Å². The predicted molar refractivity (Wildman–Crippen MR) is 84.7 cm³/mol. The molecular weight excluding hydrogens is 338 g/mol. The number of fused-ring (bicyclic) bond motifs is 1. The summed E-state index contributed by atoms with van der Waals surface area (Å²) in [6.45, 7) is 1.17. The van der Waals surface area contributed by atoms with Gasteiger partial charge in [-0.2, -0.15) is 4.31 Å². The number of sulfonamides is 1. The lowest BCUT2D eigenvalue weighted by Gasteiger charge is -2.29. The van der Waals surface area contributed by atoms with Crippen molar-refractivity contribution in [1.29, 1.82) is 0 Å². The van der Waals surface area contributed by atoms with Crippen molar-refractivity contribution in [3.63, 3.8) is 0 Å². The van der Waals surface area contributed by atoms with E-state index in [4.69, 9.17) is 0 Å². The van der Waals surface area contributed by atoms with Crippen LogP contribution in [-0.2, 0) is 10.0 Å². The first-order chi connectivity index (χ1) is 9.59. The van der Waals surface area contributed by atoms with Gasteiger partial charge >= 0.3 is 0 Å². The first kappa shape index (κ1) is 14.0. The Morgan fingerprint density at radius 3 is 2.40 bits per heavy atom. The molecule has 0 radical (unpaired) electrons. The molecule has 2 aromatic rings. The molecule has 106 valence electrons. The fourth-order valence-electron chi connectivity index (χ4n) is 2.62. The minimum Gasteiger partial charge on any atom is -0.207 e. The van der Waals surface area contributed by atoms with Gasteiger partial charge in [0.2, 0.25) is 10.0 Å². The third-order valence-electron chi connectivity index (χ3n) is 3.75. The van der Waals surface area contributed by atoms with Crippen LogP contribution in [0.25, 0.3) is 10.8 Å². The lowest BCUT2D eigenvalue weighted by Crippen LogP contribution is -2.38. The van der Waals surface area contributed by atoms with Crippen LogP contribution in [0, 0.1) is 0 Å². The quantitative estimate of drug-likeness (QED) is 0.776. The Balaban J connectivity index is 2.05. The Morgan fingerprint density at radius 2 is 1.65 bits per heavy atom. The highest BCUT2D eigenvalue weighted by Crippen LogP contribution is 2.28. The summed E-state index contributed by atoms with van der Waals surface area (Å²) in [4.78, 5) is 0.852. The highest BCUT2D eigenvalue weighted by atomic mass is 79.9. The van der Waals surface area contributed by atoms with Gasteiger partial charge in [-0.1, -0.05) is 52.3 Å². The zero-order chi connectivity index (χ0) is 14.2. The second kappa shape index (κ2) is 5.47. The number of hydrogen-bond acceptors (Lipinski definition) is 2. The Morgan fingerprint density at radius 1 is 1.00 bits per heavy atom. The molecule has 0 aromatic heterocycles. The van der Waals surface area contributed by atoms with Crippen molar-refractivity contribution >= 4 is 36.7 Å². The zero-order valence-corrected chi connectivity index (χ0v) is 13.4. The number of hydrogen-bond donors (Lipinski definition) is 0. The first-order valence-electron chi connectivity index (χ1n) is 6.71. The normalized spacial score (nSPS) is 18.4. The molecule has 20 heavy (non-hydrogen) atoms. The van der Waals surface area contributed by atoms with E-state index in [9.17, 15) is 8.42 Å². The van der Waals surface area contributed by atoms with Gasteiger partial charge in [-0.25, -0.2) is 8.42 Å². The number of halogens is 1. The molecular formula is C15H16BrNO2S.